The summed E-state index contributed by atoms with van der Waals surface area (Å²) >= 11 is 7.28. The number of benzene rings is 1. The van der Waals surface area contributed by atoms with Crippen LogP contribution in [0.25, 0.3) is 11.3 Å². The number of nitrogens with zero attached hydrogens (tertiary/aromatic N) is 2. The second-order valence-corrected chi connectivity index (χ2v) is 11.8. The van der Waals surface area contributed by atoms with E-state index < -0.39 is 21.7 Å². The van der Waals surface area contributed by atoms with Gasteiger partial charge in [-0.3, -0.25) is 9.78 Å². The summed E-state index contributed by atoms with van der Waals surface area (Å²) in [6, 6.07) is 7.67. The number of hydrogen-bond donors (Lipinski definition) is 1. The van der Waals surface area contributed by atoms with Gasteiger partial charge in [-0.25, -0.2) is 17.2 Å². The van der Waals surface area contributed by atoms with E-state index in [0.29, 0.717) is 16.3 Å². The van der Waals surface area contributed by atoms with Gasteiger partial charge in [0.15, 0.2) is 9.84 Å². The number of pyridine rings is 1. The smallest absolute Gasteiger partial charge is 0.282 e. The third kappa shape index (κ3) is 5.02. The van der Waals surface area contributed by atoms with Crippen molar-refractivity contribution in [3.05, 3.63) is 56.9 Å². The van der Waals surface area contributed by atoms with Crippen molar-refractivity contribution >= 4 is 50.1 Å². The summed E-state index contributed by atoms with van der Waals surface area (Å²) in [7, 11) is -3.49. The number of aromatic nitrogens is 1. The van der Waals surface area contributed by atoms with Gasteiger partial charge in [0.1, 0.15) is 0 Å². The van der Waals surface area contributed by atoms with Crippen molar-refractivity contribution in [2.75, 3.05) is 29.6 Å². The zero-order valence-corrected chi connectivity index (χ0v) is 20.3. The predicted octanol–water partition coefficient (Wildman–Crippen LogP) is 5.19. The van der Waals surface area contributed by atoms with E-state index in [-0.39, 0.29) is 28.7 Å². The van der Waals surface area contributed by atoms with E-state index in [9.17, 15) is 22.0 Å². The maximum atomic E-state index is 13.2. The molecule has 174 valence electrons. The lowest BCUT2D eigenvalue weighted by atomic mass is 10.0. The van der Waals surface area contributed by atoms with Crippen molar-refractivity contribution in [3.8, 4) is 11.3 Å². The number of nitrogens with one attached hydrogen (secondary N) is 1. The molecule has 0 unspecified atom stereocenters. The van der Waals surface area contributed by atoms with Crippen LogP contribution in [-0.2, 0) is 9.84 Å². The van der Waals surface area contributed by atoms with Crippen molar-refractivity contribution in [1.82, 2.24) is 4.98 Å². The molecule has 1 N–H and O–H groups in total. The molecule has 1 aromatic carbocycles. The van der Waals surface area contributed by atoms with Gasteiger partial charge in [-0.1, -0.05) is 11.6 Å². The Bertz CT molecular complexity index is 1370. The van der Waals surface area contributed by atoms with E-state index in [0.717, 1.165) is 22.3 Å². The maximum Gasteiger partial charge on any atom is 0.282 e. The molecule has 1 aliphatic rings. The van der Waals surface area contributed by atoms with Gasteiger partial charge in [-0.2, -0.15) is 0 Å². The summed E-state index contributed by atoms with van der Waals surface area (Å²) < 4.78 is 50.0. The number of alkyl halides is 2. The molecular formula is C22H20ClF2N3O3S2. The normalized spacial score (nSPS) is 15.3. The molecule has 2 aromatic heterocycles. The van der Waals surface area contributed by atoms with Crippen LogP contribution in [0.3, 0.4) is 0 Å². The molecule has 3 aromatic rings. The third-order valence-corrected chi connectivity index (χ3v) is 7.59. The summed E-state index contributed by atoms with van der Waals surface area (Å²) in [6.07, 6.45) is 2.63. The molecule has 0 atom stereocenters. The van der Waals surface area contributed by atoms with Crippen molar-refractivity contribution in [1.29, 1.82) is 0 Å². The number of aryl methyl sites for hydroxylation is 2. The molecule has 0 saturated carbocycles. The van der Waals surface area contributed by atoms with Gasteiger partial charge in [-0.05, 0) is 49.7 Å². The highest BCUT2D eigenvalue weighted by Gasteiger charge is 2.44. The molecular weight excluding hydrogens is 492 g/mol. The third-order valence-electron chi connectivity index (χ3n) is 5.23. The zero-order valence-electron chi connectivity index (χ0n) is 17.9. The summed E-state index contributed by atoms with van der Waals surface area (Å²) in [4.78, 5) is 20.2. The lowest BCUT2D eigenvalue weighted by Crippen LogP contribution is -2.56. The molecule has 1 aliphatic heterocycles. The quantitative estimate of drug-likeness (QED) is 0.510. The van der Waals surface area contributed by atoms with Crippen LogP contribution in [0.5, 0.6) is 0 Å². The number of carbonyl (C=O) groups excluding carboxylic acids is 1. The van der Waals surface area contributed by atoms with Crippen LogP contribution in [0.2, 0.25) is 5.02 Å². The van der Waals surface area contributed by atoms with Crippen molar-refractivity contribution < 1.29 is 22.0 Å². The number of amides is 1. The van der Waals surface area contributed by atoms with Crippen LogP contribution in [0, 0.1) is 13.8 Å². The van der Waals surface area contributed by atoms with E-state index in [1.807, 2.05) is 19.9 Å². The van der Waals surface area contributed by atoms with E-state index in [1.54, 1.807) is 17.2 Å². The Balaban J connectivity index is 1.57. The summed E-state index contributed by atoms with van der Waals surface area (Å²) in [6.45, 7) is 3.07. The van der Waals surface area contributed by atoms with Gasteiger partial charge in [0.25, 0.3) is 11.8 Å². The highest BCUT2D eigenvalue weighted by atomic mass is 35.5. The van der Waals surface area contributed by atoms with Crippen LogP contribution in [0.1, 0.15) is 20.1 Å². The fourth-order valence-electron chi connectivity index (χ4n) is 3.58. The molecule has 1 amide bonds. The first-order chi connectivity index (χ1) is 15.3. The Kier molecular flexibility index (Phi) is 5.96. The number of anilines is 2. The van der Waals surface area contributed by atoms with Gasteiger partial charge in [0, 0.05) is 27.4 Å². The first kappa shape index (κ1) is 23.6. The first-order valence-corrected chi connectivity index (χ1v) is 12.9. The Morgan fingerprint density at radius 3 is 2.48 bits per heavy atom. The molecule has 1 fully saturated rings. The molecule has 0 aliphatic carbocycles. The SMILES string of the molecule is Cc1cc(N2CC(F)(F)C2)cnc1-c1cc(C(=O)Nc2cc(Cl)cc(S(C)(=O)=O)c2)sc1C. The predicted molar refractivity (Wildman–Crippen MR) is 127 cm³/mol. The fraction of sp³-hybridized carbons (Fsp3) is 0.273. The van der Waals surface area contributed by atoms with Gasteiger partial charge in [-0.15, -0.1) is 11.3 Å². The van der Waals surface area contributed by atoms with Gasteiger partial charge in [0.2, 0.25) is 0 Å². The molecule has 0 spiro atoms. The van der Waals surface area contributed by atoms with Crippen molar-refractivity contribution in [3.63, 3.8) is 0 Å². The fourth-order valence-corrected chi connectivity index (χ4v) is 5.48. The average Bonchev–Trinajstić information content (AvgIpc) is 3.06. The molecule has 3 heterocycles. The molecule has 0 bridgehead atoms. The molecule has 6 nitrogen and oxygen atoms in total. The lowest BCUT2D eigenvalue weighted by molar-refractivity contribution is -0.0262. The Labute approximate surface area is 199 Å². The summed E-state index contributed by atoms with van der Waals surface area (Å²) in [5.74, 6) is -3.07. The van der Waals surface area contributed by atoms with Gasteiger partial charge >= 0.3 is 0 Å². The Morgan fingerprint density at radius 2 is 1.88 bits per heavy atom. The number of thiophene rings is 1. The first-order valence-electron chi connectivity index (χ1n) is 9.85. The number of carbonyl (C=O) groups is 1. The number of halogens is 3. The minimum atomic E-state index is -3.49. The van der Waals surface area contributed by atoms with Crippen molar-refractivity contribution in [2.45, 2.75) is 24.7 Å². The van der Waals surface area contributed by atoms with E-state index in [2.05, 4.69) is 10.3 Å². The molecule has 4 rings (SSSR count). The second-order valence-electron chi connectivity index (χ2n) is 8.05. The van der Waals surface area contributed by atoms with E-state index in [1.165, 1.54) is 29.5 Å². The lowest BCUT2D eigenvalue weighted by Gasteiger charge is -2.40. The minimum absolute atomic E-state index is 0.00762. The maximum absolute atomic E-state index is 13.2. The largest absolute Gasteiger partial charge is 0.358 e. The van der Waals surface area contributed by atoms with Crippen LogP contribution in [0.4, 0.5) is 20.2 Å². The Morgan fingerprint density at radius 1 is 1.18 bits per heavy atom. The van der Waals surface area contributed by atoms with Crippen LogP contribution < -0.4 is 10.2 Å². The van der Waals surface area contributed by atoms with Crippen LogP contribution in [0.15, 0.2) is 41.4 Å². The average molecular weight is 512 g/mol. The summed E-state index contributed by atoms with van der Waals surface area (Å²) in [5, 5.41) is 2.88. The van der Waals surface area contributed by atoms with E-state index in [4.69, 9.17) is 11.6 Å². The molecule has 0 radical (unpaired) electrons. The monoisotopic (exact) mass is 511 g/mol. The van der Waals surface area contributed by atoms with Gasteiger partial charge in [0.05, 0.1) is 40.4 Å². The molecule has 11 heteroatoms. The van der Waals surface area contributed by atoms with E-state index >= 15 is 0 Å². The van der Waals surface area contributed by atoms with Crippen LogP contribution in [-0.4, -0.2) is 44.6 Å². The highest BCUT2D eigenvalue weighted by molar-refractivity contribution is 7.90. The molecule has 33 heavy (non-hydrogen) atoms. The minimum Gasteiger partial charge on any atom is -0.358 e. The second kappa shape index (κ2) is 8.34. The topological polar surface area (TPSA) is 79.4 Å². The highest BCUT2D eigenvalue weighted by Crippen LogP contribution is 2.36. The van der Waals surface area contributed by atoms with Crippen molar-refractivity contribution in [2.24, 2.45) is 0 Å². The standard InChI is InChI=1S/C22H20ClF2N3O3S2/c1-12-4-16(28-10-22(24,25)11-28)9-26-20(12)18-8-19(32-13(18)2)21(29)27-15-5-14(23)6-17(7-15)33(3,30)31/h4-9H,10-11H2,1-3H3,(H,27,29). The number of hydrogen-bond acceptors (Lipinski definition) is 6. The Hall–Kier alpha value is -2.56. The molecule has 1 saturated heterocycles. The van der Waals surface area contributed by atoms with Gasteiger partial charge < -0.3 is 10.2 Å². The number of rotatable bonds is 5. The number of sulfone groups is 1. The summed E-state index contributed by atoms with van der Waals surface area (Å²) in [5.41, 5.74) is 3.15. The van der Waals surface area contributed by atoms with Crippen LogP contribution >= 0.6 is 22.9 Å². The zero-order chi connectivity index (χ0) is 24.1.